The summed E-state index contributed by atoms with van der Waals surface area (Å²) < 4.78 is 0. The Bertz CT molecular complexity index is 346. The van der Waals surface area contributed by atoms with E-state index in [0.29, 0.717) is 19.3 Å². The lowest BCUT2D eigenvalue weighted by Crippen LogP contribution is -2.53. The van der Waals surface area contributed by atoms with Gasteiger partial charge in [-0.25, -0.2) is 0 Å². The van der Waals surface area contributed by atoms with E-state index in [2.05, 4.69) is 16.6 Å². The number of nitrogens with one attached hydrogen (secondary N) is 2. The summed E-state index contributed by atoms with van der Waals surface area (Å²) in [5.74, 6) is 2.35. The number of amides is 2. The highest BCUT2D eigenvalue weighted by atomic mass is 16.2. The third kappa shape index (κ3) is 3.77. The van der Waals surface area contributed by atoms with Crippen LogP contribution in [0.3, 0.4) is 0 Å². The van der Waals surface area contributed by atoms with Crippen LogP contribution in [0.2, 0.25) is 0 Å². The Labute approximate surface area is 103 Å². The third-order valence-corrected chi connectivity index (χ3v) is 3.22. The maximum absolute atomic E-state index is 12.0. The molecule has 17 heavy (non-hydrogen) atoms. The normalized spacial score (nSPS) is 23.8. The molecule has 1 saturated heterocycles. The minimum absolute atomic E-state index is 0.0541. The molecule has 0 aromatic rings. The molecule has 0 radical (unpaired) electrons. The molecule has 2 amide bonds. The van der Waals surface area contributed by atoms with Crippen molar-refractivity contribution in [2.24, 2.45) is 0 Å². The van der Waals surface area contributed by atoms with Crippen LogP contribution < -0.4 is 10.6 Å². The van der Waals surface area contributed by atoms with Gasteiger partial charge in [0.2, 0.25) is 11.8 Å². The van der Waals surface area contributed by atoms with Gasteiger partial charge in [0.1, 0.15) is 6.04 Å². The van der Waals surface area contributed by atoms with Crippen LogP contribution in [0.5, 0.6) is 0 Å². The van der Waals surface area contributed by atoms with Crippen molar-refractivity contribution in [3.63, 3.8) is 0 Å². The van der Waals surface area contributed by atoms with Crippen molar-refractivity contribution >= 4 is 11.8 Å². The zero-order valence-corrected chi connectivity index (χ0v) is 10.5. The zero-order chi connectivity index (χ0) is 12.9. The van der Waals surface area contributed by atoms with Gasteiger partial charge in [0.15, 0.2) is 0 Å². The first-order chi connectivity index (χ1) is 8.00. The van der Waals surface area contributed by atoms with Crippen molar-refractivity contribution < 1.29 is 9.59 Å². The fourth-order valence-electron chi connectivity index (χ4n) is 1.75. The van der Waals surface area contributed by atoms with E-state index in [0.717, 1.165) is 12.8 Å². The fraction of sp³-hybridized carbons (Fsp3) is 0.692. The Morgan fingerprint density at radius 3 is 2.94 bits per heavy atom. The third-order valence-electron chi connectivity index (χ3n) is 3.22. The molecular weight excluding hydrogens is 216 g/mol. The summed E-state index contributed by atoms with van der Waals surface area (Å²) in [4.78, 5) is 23.4. The van der Waals surface area contributed by atoms with Gasteiger partial charge in [-0.3, -0.25) is 9.59 Å². The van der Waals surface area contributed by atoms with Crippen LogP contribution in [0.4, 0.5) is 0 Å². The van der Waals surface area contributed by atoms with Gasteiger partial charge in [-0.1, -0.05) is 19.3 Å². The summed E-state index contributed by atoms with van der Waals surface area (Å²) in [5, 5.41) is 5.55. The Morgan fingerprint density at radius 2 is 2.35 bits per heavy atom. The molecule has 0 spiro atoms. The number of rotatable bonds is 3. The topological polar surface area (TPSA) is 58.2 Å². The molecule has 2 atom stereocenters. The van der Waals surface area contributed by atoms with Gasteiger partial charge in [0, 0.05) is 6.42 Å². The smallest absolute Gasteiger partial charge is 0.243 e. The molecule has 94 valence electrons. The van der Waals surface area contributed by atoms with Crippen LogP contribution >= 0.6 is 0 Å². The minimum atomic E-state index is -0.631. The fourth-order valence-corrected chi connectivity index (χ4v) is 1.75. The average molecular weight is 236 g/mol. The van der Waals surface area contributed by atoms with Crippen LogP contribution in [-0.4, -0.2) is 23.4 Å². The molecule has 2 N–H and O–H groups in total. The molecule has 1 fully saturated rings. The van der Waals surface area contributed by atoms with Crippen molar-refractivity contribution in [3.05, 3.63) is 0 Å². The summed E-state index contributed by atoms with van der Waals surface area (Å²) >= 11 is 0. The van der Waals surface area contributed by atoms with E-state index < -0.39 is 11.6 Å². The second-order valence-electron chi connectivity index (χ2n) is 4.69. The highest BCUT2D eigenvalue weighted by molar-refractivity contribution is 5.88. The van der Waals surface area contributed by atoms with Crippen LogP contribution in [0.25, 0.3) is 0 Å². The summed E-state index contributed by atoms with van der Waals surface area (Å²) in [7, 11) is 0. The molecule has 0 bridgehead atoms. The maximum Gasteiger partial charge on any atom is 0.243 e. The molecule has 2 unspecified atom stereocenters. The average Bonchev–Trinajstić information content (AvgIpc) is 2.53. The van der Waals surface area contributed by atoms with Crippen molar-refractivity contribution in [2.45, 2.75) is 57.5 Å². The molecule has 1 rings (SSSR count). The van der Waals surface area contributed by atoms with E-state index in [4.69, 9.17) is 6.42 Å². The van der Waals surface area contributed by atoms with Crippen LogP contribution in [0.1, 0.15) is 46.0 Å². The Hall–Kier alpha value is -1.50. The lowest BCUT2D eigenvalue weighted by Gasteiger charge is -2.26. The molecule has 4 nitrogen and oxygen atoms in total. The molecule has 1 aliphatic heterocycles. The maximum atomic E-state index is 12.0. The van der Waals surface area contributed by atoms with E-state index in [-0.39, 0.29) is 11.8 Å². The van der Waals surface area contributed by atoms with Crippen molar-refractivity contribution in [1.29, 1.82) is 0 Å². The van der Waals surface area contributed by atoms with Gasteiger partial charge in [-0.2, -0.15) is 0 Å². The van der Waals surface area contributed by atoms with E-state index in [1.54, 1.807) is 0 Å². The predicted molar refractivity (Wildman–Crippen MR) is 66.1 cm³/mol. The second kappa shape index (κ2) is 5.72. The van der Waals surface area contributed by atoms with Gasteiger partial charge in [-0.05, 0) is 26.2 Å². The standard InChI is InChI=1S/C13H20N2O2/c1-4-13(3,5-2)15-12(17)10-8-6-7-9-11(16)14-10/h1,10H,5-9H2,2-3H3,(H,14,16)(H,15,17). The molecule has 1 aliphatic rings. The summed E-state index contributed by atoms with van der Waals surface area (Å²) in [6.45, 7) is 3.73. The number of carbonyl (C=O) groups excluding carboxylic acids is 2. The Kier molecular flexibility index (Phi) is 4.56. The Balaban J connectivity index is 2.63. The predicted octanol–water partition coefficient (Wildman–Crippen LogP) is 0.963. The lowest BCUT2D eigenvalue weighted by atomic mass is 9.99. The Morgan fingerprint density at radius 1 is 1.65 bits per heavy atom. The van der Waals surface area contributed by atoms with Crippen molar-refractivity contribution in [3.8, 4) is 12.3 Å². The van der Waals surface area contributed by atoms with Gasteiger partial charge in [0.25, 0.3) is 0 Å². The highest BCUT2D eigenvalue weighted by Gasteiger charge is 2.28. The first-order valence-electron chi connectivity index (χ1n) is 6.10. The molecular formula is C13H20N2O2. The van der Waals surface area contributed by atoms with E-state index in [1.165, 1.54) is 0 Å². The number of carbonyl (C=O) groups is 2. The van der Waals surface area contributed by atoms with E-state index in [9.17, 15) is 9.59 Å². The largest absolute Gasteiger partial charge is 0.344 e. The number of hydrogen-bond acceptors (Lipinski definition) is 2. The van der Waals surface area contributed by atoms with Gasteiger partial charge >= 0.3 is 0 Å². The summed E-state index contributed by atoms with van der Waals surface area (Å²) in [6, 6.07) is -0.441. The number of hydrogen-bond donors (Lipinski definition) is 2. The number of terminal acetylenes is 1. The molecule has 0 aromatic heterocycles. The van der Waals surface area contributed by atoms with E-state index in [1.807, 2.05) is 13.8 Å². The van der Waals surface area contributed by atoms with Crippen LogP contribution in [0.15, 0.2) is 0 Å². The van der Waals surface area contributed by atoms with Gasteiger partial charge in [-0.15, -0.1) is 6.42 Å². The van der Waals surface area contributed by atoms with Crippen LogP contribution in [-0.2, 0) is 9.59 Å². The highest BCUT2D eigenvalue weighted by Crippen LogP contribution is 2.12. The van der Waals surface area contributed by atoms with Crippen LogP contribution in [0, 0.1) is 12.3 Å². The molecule has 0 saturated carbocycles. The minimum Gasteiger partial charge on any atom is -0.344 e. The first kappa shape index (κ1) is 13.6. The van der Waals surface area contributed by atoms with E-state index >= 15 is 0 Å². The van der Waals surface area contributed by atoms with Crippen molar-refractivity contribution in [1.82, 2.24) is 10.6 Å². The lowest BCUT2D eigenvalue weighted by molar-refractivity contribution is -0.129. The quantitative estimate of drug-likeness (QED) is 0.717. The van der Waals surface area contributed by atoms with Gasteiger partial charge < -0.3 is 10.6 Å². The molecule has 1 heterocycles. The monoisotopic (exact) mass is 236 g/mol. The SMILES string of the molecule is C#CC(C)(CC)NC(=O)C1CCCCC(=O)N1. The zero-order valence-electron chi connectivity index (χ0n) is 10.5. The summed E-state index contributed by atoms with van der Waals surface area (Å²) in [5.41, 5.74) is -0.631. The second-order valence-corrected chi connectivity index (χ2v) is 4.69. The van der Waals surface area contributed by atoms with Gasteiger partial charge in [0.05, 0.1) is 5.54 Å². The first-order valence-corrected chi connectivity index (χ1v) is 6.10. The molecule has 4 heteroatoms. The molecule has 0 aliphatic carbocycles. The summed E-state index contributed by atoms with van der Waals surface area (Å²) in [6.07, 6.45) is 8.98. The van der Waals surface area contributed by atoms with Crippen molar-refractivity contribution in [2.75, 3.05) is 0 Å². The molecule has 0 aromatic carbocycles.